The van der Waals surface area contributed by atoms with Gasteiger partial charge in [-0.05, 0) is 17.7 Å². The molecule has 1 aromatic rings. The summed E-state index contributed by atoms with van der Waals surface area (Å²) >= 11 is 0. The number of benzene rings is 1. The number of carboxylic acid groups (broad SMARTS) is 1. The van der Waals surface area contributed by atoms with E-state index in [0.717, 1.165) is 0 Å². The lowest BCUT2D eigenvalue weighted by Crippen LogP contribution is -2.31. The number of aromatic carboxylic acids is 1. The van der Waals surface area contributed by atoms with Crippen LogP contribution in [0, 0.1) is 0 Å². The first-order valence-corrected chi connectivity index (χ1v) is 5.00. The van der Waals surface area contributed by atoms with Crippen molar-refractivity contribution in [3.8, 4) is 0 Å². The van der Waals surface area contributed by atoms with Gasteiger partial charge in [0, 0.05) is 6.42 Å². The largest absolute Gasteiger partial charge is 0.478 e. The van der Waals surface area contributed by atoms with Crippen molar-refractivity contribution < 1.29 is 19.5 Å². The van der Waals surface area contributed by atoms with Crippen LogP contribution < -0.4 is 10.6 Å². The predicted octanol–water partition coefficient (Wildman–Crippen LogP) is 0.135. The zero-order valence-corrected chi connectivity index (χ0v) is 8.77. The summed E-state index contributed by atoms with van der Waals surface area (Å²) in [6.07, 6.45) is 0.276. The zero-order valence-electron chi connectivity index (χ0n) is 8.77. The van der Waals surface area contributed by atoms with Crippen LogP contribution >= 0.6 is 0 Å². The van der Waals surface area contributed by atoms with Gasteiger partial charge < -0.3 is 10.4 Å². The van der Waals surface area contributed by atoms with Crippen LogP contribution in [-0.4, -0.2) is 29.1 Å². The van der Waals surface area contributed by atoms with Crippen LogP contribution in [0.25, 0.3) is 0 Å². The van der Waals surface area contributed by atoms with E-state index < -0.39 is 23.9 Å². The van der Waals surface area contributed by atoms with Crippen LogP contribution in [0.3, 0.4) is 0 Å². The highest BCUT2D eigenvalue weighted by atomic mass is 16.4. The molecule has 88 valence electrons. The maximum absolute atomic E-state index is 11.3. The molecule has 1 fully saturated rings. The second-order valence-electron chi connectivity index (χ2n) is 3.72. The zero-order chi connectivity index (χ0) is 12.4. The van der Waals surface area contributed by atoms with Gasteiger partial charge in [-0.15, -0.1) is 0 Å². The molecule has 17 heavy (non-hydrogen) atoms. The van der Waals surface area contributed by atoms with Crippen molar-refractivity contribution in [2.45, 2.75) is 12.5 Å². The third kappa shape index (κ3) is 2.41. The summed E-state index contributed by atoms with van der Waals surface area (Å²) in [6.45, 7) is 0. The van der Waals surface area contributed by atoms with Crippen LogP contribution in [-0.2, 0) is 11.2 Å². The van der Waals surface area contributed by atoms with E-state index in [2.05, 4.69) is 10.6 Å². The van der Waals surface area contributed by atoms with Crippen molar-refractivity contribution in [2.75, 3.05) is 0 Å². The van der Waals surface area contributed by atoms with Crippen molar-refractivity contribution in [3.05, 3.63) is 35.4 Å². The van der Waals surface area contributed by atoms with Gasteiger partial charge in [0.15, 0.2) is 0 Å². The Labute approximate surface area is 96.6 Å². The lowest BCUT2D eigenvalue weighted by molar-refractivity contribution is -0.120. The summed E-state index contributed by atoms with van der Waals surface area (Å²) in [7, 11) is 0. The van der Waals surface area contributed by atoms with Gasteiger partial charge in [0.25, 0.3) is 5.91 Å². The van der Waals surface area contributed by atoms with Crippen LogP contribution in [0.5, 0.6) is 0 Å². The van der Waals surface area contributed by atoms with Crippen LogP contribution in [0.2, 0.25) is 0 Å². The van der Waals surface area contributed by atoms with Crippen molar-refractivity contribution in [1.82, 2.24) is 10.6 Å². The van der Waals surface area contributed by atoms with E-state index in [1.165, 1.54) is 12.1 Å². The summed E-state index contributed by atoms with van der Waals surface area (Å²) in [6, 6.07) is 5.12. The first-order chi connectivity index (χ1) is 8.06. The molecule has 0 bridgehead atoms. The summed E-state index contributed by atoms with van der Waals surface area (Å²) in [5, 5.41) is 13.4. The molecule has 0 spiro atoms. The van der Waals surface area contributed by atoms with E-state index in [4.69, 9.17) is 5.11 Å². The molecule has 0 saturated carbocycles. The molecule has 6 heteroatoms. The Bertz CT molecular complexity index is 498. The molecule has 1 aliphatic rings. The fraction of sp³-hybridized carbons (Fsp3) is 0.182. The van der Waals surface area contributed by atoms with E-state index in [-0.39, 0.29) is 12.0 Å². The van der Waals surface area contributed by atoms with E-state index in [1.807, 2.05) is 0 Å². The number of hydrogen-bond donors (Lipinski definition) is 3. The summed E-state index contributed by atoms with van der Waals surface area (Å²) < 4.78 is 0. The maximum Gasteiger partial charge on any atom is 0.335 e. The van der Waals surface area contributed by atoms with E-state index >= 15 is 0 Å². The minimum atomic E-state index is -1.02. The van der Waals surface area contributed by atoms with Crippen molar-refractivity contribution in [2.24, 2.45) is 0 Å². The molecule has 6 nitrogen and oxygen atoms in total. The van der Waals surface area contributed by atoms with Gasteiger partial charge in [0.2, 0.25) is 0 Å². The summed E-state index contributed by atoms with van der Waals surface area (Å²) in [4.78, 5) is 32.9. The number of amides is 3. The Morgan fingerprint density at radius 3 is 2.71 bits per heavy atom. The fourth-order valence-electron chi connectivity index (χ4n) is 1.67. The standard InChI is InChI=1S/C11H10N2O4/c14-9-8(12-11(17)13-9)5-6-2-1-3-7(4-6)10(15)16/h1-4,8H,5H2,(H,15,16)(H2,12,13,14,17)/t8-/m0/s1. The van der Waals surface area contributed by atoms with E-state index in [1.54, 1.807) is 12.1 Å². The molecule has 1 aromatic carbocycles. The number of carboxylic acids is 1. The predicted molar refractivity (Wildman–Crippen MR) is 57.6 cm³/mol. The molecule has 3 N–H and O–H groups in total. The highest BCUT2D eigenvalue weighted by Gasteiger charge is 2.29. The fourth-order valence-corrected chi connectivity index (χ4v) is 1.67. The Kier molecular flexibility index (Phi) is 2.78. The molecule has 2 rings (SSSR count). The number of imide groups is 1. The quantitative estimate of drug-likeness (QED) is 0.648. The SMILES string of the molecule is O=C1NC(=O)[C@H](Cc2cccc(C(=O)O)c2)N1. The monoisotopic (exact) mass is 234 g/mol. The molecule has 0 radical (unpaired) electrons. The van der Waals surface area contributed by atoms with Gasteiger partial charge in [0.1, 0.15) is 6.04 Å². The molecule has 1 aliphatic heterocycles. The topological polar surface area (TPSA) is 95.5 Å². The van der Waals surface area contributed by atoms with Crippen LogP contribution in [0.4, 0.5) is 4.79 Å². The molecule has 3 amide bonds. The molecule has 1 atom stereocenters. The molecule has 1 saturated heterocycles. The van der Waals surface area contributed by atoms with Crippen molar-refractivity contribution in [3.63, 3.8) is 0 Å². The van der Waals surface area contributed by atoms with Crippen molar-refractivity contribution >= 4 is 17.9 Å². The minimum Gasteiger partial charge on any atom is -0.478 e. The average Bonchev–Trinajstić information content (AvgIpc) is 2.58. The summed E-state index contributed by atoms with van der Waals surface area (Å²) in [5.74, 6) is -1.41. The van der Waals surface area contributed by atoms with Gasteiger partial charge in [-0.3, -0.25) is 10.1 Å². The molecule has 1 heterocycles. The molecular weight excluding hydrogens is 224 g/mol. The summed E-state index contributed by atoms with van der Waals surface area (Å²) in [5.41, 5.74) is 0.847. The highest BCUT2D eigenvalue weighted by molar-refractivity contribution is 6.04. The highest BCUT2D eigenvalue weighted by Crippen LogP contribution is 2.09. The number of nitrogens with one attached hydrogen (secondary N) is 2. The third-order valence-electron chi connectivity index (χ3n) is 2.47. The van der Waals surface area contributed by atoms with Gasteiger partial charge in [0.05, 0.1) is 5.56 Å². The van der Waals surface area contributed by atoms with Gasteiger partial charge in [-0.2, -0.15) is 0 Å². The van der Waals surface area contributed by atoms with Crippen molar-refractivity contribution in [1.29, 1.82) is 0 Å². The third-order valence-corrected chi connectivity index (χ3v) is 2.47. The first kappa shape index (κ1) is 11.1. The second-order valence-corrected chi connectivity index (χ2v) is 3.72. The second kappa shape index (κ2) is 4.25. The Balaban J connectivity index is 2.13. The number of carbonyl (C=O) groups is 3. The Hall–Kier alpha value is -2.37. The smallest absolute Gasteiger partial charge is 0.335 e. The molecule has 0 aliphatic carbocycles. The van der Waals surface area contributed by atoms with Crippen LogP contribution in [0.15, 0.2) is 24.3 Å². The van der Waals surface area contributed by atoms with Gasteiger partial charge in [-0.25, -0.2) is 9.59 Å². The van der Waals surface area contributed by atoms with Gasteiger partial charge >= 0.3 is 12.0 Å². The lowest BCUT2D eigenvalue weighted by atomic mass is 10.0. The lowest BCUT2D eigenvalue weighted by Gasteiger charge is -2.07. The normalized spacial score (nSPS) is 18.7. The molecule has 0 unspecified atom stereocenters. The molecule has 0 aromatic heterocycles. The minimum absolute atomic E-state index is 0.159. The van der Waals surface area contributed by atoms with Gasteiger partial charge in [-0.1, -0.05) is 12.1 Å². The number of carbonyl (C=O) groups excluding carboxylic acids is 2. The average molecular weight is 234 g/mol. The van der Waals surface area contributed by atoms with Crippen LogP contribution in [0.1, 0.15) is 15.9 Å². The number of hydrogen-bond acceptors (Lipinski definition) is 3. The maximum atomic E-state index is 11.3. The Morgan fingerprint density at radius 1 is 1.35 bits per heavy atom. The van der Waals surface area contributed by atoms with E-state index in [0.29, 0.717) is 5.56 Å². The first-order valence-electron chi connectivity index (χ1n) is 5.00. The molecular formula is C11H10N2O4. The van der Waals surface area contributed by atoms with E-state index in [9.17, 15) is 14.4 Å². The Morgan fingerprint density at radius 2 is 2.12 bits per heavy atom. The number of rotatable bonds is 3. The number of urea groups is 1.